The van der Waals surface area contributed by atoms with Gasteiger partial charge >= 0.3 is 0 Å². The summed E-state index contributed by atoms with van der Waals surface area (Å²) in [4.78, 5) is 11.9. The summed E-state index contributed by atoms with van der Waals surface area (Å²) in [5.74, 6) is 1.42. The molecule has 1 aliphatic heterocycles. The lowest BCUT2D eigenvalue weighted by molar-refractivity contribution is 0.122. The topological polar surface area (TPSA) is 98.8 Å². The number of hydrogen-bond acceptors (Lipinski definition) is 8. The van der Waals surface area contributed by atoms with Crippen molar-refractivity contribution in [1.29, 1.82) is 0 Å². The van der Waals surface area contributed by atoms with Gasteiger partial charge in [0.05, 0.1) is 48.2 Å². The molecule has 1 aliphatic rings. The average Bonchev–Trinajstić information content (AvgIpc) is 3.53. The highest BCUT2D eigenvalue weighted by Crippen LogP contribution is 2.29. The van der Waals surface area contributed by atoms with Crippen molar-refractivity contribution in [3.63, 3.8) is 0 Å². The first-order chi connectivity index (χ1) is 17.1. The quantitative estimate of drug-likeness (QED) is 0.419. The van der Waals surface area contributed by atoms with E-state index in [1.54, 1.807) is 10.9 Å². The maximum absolute atomic E-state index is 5.53. The molecule has 6 rings (SSSR count). The van der Waals surface area contributed by atoms with Crippen molar-refractivity contribution < 1.29 is 4.74 Å². The Bertz CT molecular complexity index is 1470. The van der Waals surface area contributed by atoms with Crippen LogP contribution in [-0.4, -0.2) is 61.0 Å². The molecule has 1 saturated heterocycles. The fraction of sp³-hybridized carbons (Fsp3) is 0.240. The second-order valence-corrected chi connectivity index (χ2v) is 8.50. The maximum atomic E-state index is 5.53. The minimum absolute atomic E-state index is 0.667. The summed E-state index contributed by atoms with van der Waals surface area (Å²) in [6, 6.07) is 16.3. The van der Waals surface area contributed by atoms with E-state index in [-0.39, 0.29) is 0 Å². The molecule has 176 valence electrons. The van der Waals surface area contributed by atoms with Crippen LogP contribution in [0, 0.1) is 6.92 Å². The van der Waals surface area contributed by atoms with Gasteiger partial charge in [0.15, 0.2) is 0 Å². The van der Waals surface area contributed by atoms with Crippen LogP contribution < -0.4 is 10.2 Å². The Labute approximate surface area is 202 Å². The third-order valence-electron chi connectivity index (χ3n) is 6.17. The molecule has 1 N–H and O–H groups in total. The second-order valence-electron chi connectivity index (χ2n) is 8.50. The molecule has 2 aromatic carbocycles. The van der Waals surface area contributed by atoms with Crippen molar-refractivity contribution in [2.45, 2.75) is 6.92 Å². The Morgan fingerprint density at radius 3 is 2.57 bits per heavy atom. The number of fused-ring (bicyclic) bond motifs is 1. The third-order valence-corrected chi connectivity index (χ3v) is 6.17. The molecule has 0 bridgehead atoms. The molecule has 3 aromatic heterocycles. The molecule has 0 amide bonds. The summed E-state index contributed by atoms with van der Waals surface area (Å²) < 4.78 is 9.17. The van der Waals surface area contributed by atoms with Gasteiger partial charge in [-0.3, -0.25) is 4.68 Å². The molecule has 0 atom stereocenters. The number of nitrogens with one attached hydrogen (secondary N) is 1. The predicted octanol–water partition coefficient (Wildman–Crippen LogP) is 3.50. The van der Waals surface area contributed by atoms with Crippen LogP contribution in [-0.2, 0) is 11.8 Å². The van der Waals surface area contributed by atoms with E-state index in [9.17, 15) is 0 Å². The Morgan fingerprint density at radius 1 is 0.971 bits per heavy atom. The summed E-state index contributed by atoms with van der Waals surface area (Å²) in [6.07, 6.45) is 3.47. The van der Waals surface area contributed by atoms with Gasteiger partial charge in [-0.25, -0.2) is 9.67 Å². The minimum Gasteiger partial charge on any atom is -0.378 e. The van der Waals surface area contributed by atoms with E-state index in [0.717, 1.165) is 58.1 Å². The molecule has 0 radical (unpaired) electrons. The molecule has 0 unspecified atom stereocenters. The number of rotatable bonds is 5. The third kappa shape index (κ3) is 4.19. The van der Waals surface area contributed by atoms with Crippen LogP contribution >= 0.6 is 0 Å². The summed E-state index contributed by atoms with van der Waals surface area (Å²) >= 11 is 0. The zero-order valence-electron chi connectivity index (χ0n) is 19.6. The molecule has 10 heteroatoms. The maximum Gasteiger partial charge on any atom is 0.228 e. The van der Waals surface area contributed by atoms with Gasteiger partial charge in [0.25, 0.3) is 0 Å². The summed E-state index contributed by atoms with van der Waals surface area (Å²) in [7, 11) is 1.97. The first kappa shape index (κ1) is 21.2. The second kappa shape index (κ2) is 8.80. The number of aryl methyl sites for hydroxylation is 2. The number of aromatic nitrogens is 7. The van der Waals surface area contributed by atoms with Gasteiger partial charge in [-0.1, -0.05) is 17.3 Å². The Morgan fingerprint density at radius 2 is 1.80 bits per heavy atom. The Hall–Kier alpha value is -4.31. The highest BCUT2D eigenvalue weighted by Gasteiger charge is 2.17. The number of hydrogen-bond donors (Lipinski definition) is 1. The molecule has 0 spiro atoms. The standard InChI is InChI=1S/C25H25N9O/c1-17-21-8-3-18(15-23(21)32(2)30-17)22-16-24(29-25(28-22)33-11-13-35-14-12-33)27-19-4-6-20(7-5-19)34-10-9-26-31-34/h3-10,15-16H,11-14H2,1-2H3,(H,27,28,29). The van der Waals surface area contributed by atoms with Crippen LogP contribution in [0.3, 0.4) is 0 Å². The van der Waals surface area contributed by atoms with Crippen LogP contribution in [0.5, 0.6) is 0 Å². The number of ether oxygens (including phenoxy) is 1. The minimum atomic E-state index is 0.667. The lowest BCUT2D eigenvalue weighted by Crippen LogP contribution is -2.37. The van der Waals surface area contributed by atoms with Crippen molar-refractivity contribution in [1.82, 2.24) is 34.7 Å². The highest BCUT2D eigenvalue weighted by molar-refractivity contribution is 5.86. The van der Waals surface area contributed by atoms with Gasteiger partial charge in [0.2, 0.25) is 5.95 Å². The largest absolute Gasteiger partial charge is 0.378 e. The van der Waals surface area contributed by atoms with Crippen molar-refractivity contribution in [3.8, 4) is 16.9 Å². The van der Waals surface area contributed by atoms with E-state index in [1.807, 2.05) is 55.2 Å². The zero-order valence-corrected chi connectivity index (χ0v) is 19.6. The highest BCUT2D eigenvalue weighted by atomic mass is 16.5. The van der Waals surface area contributed by atoms with Crippen LogP contribution in [0.1, 0.15) is 5.69 Å². The van der Waals surface area contributed by atoms with Crippen LogP contribution in [0.15, 0.2) is 60.9 Å². The Balaban J connectivity index is 1.37. The fourth-order valence-corrected chi connectivity index (χ4v) is 4.34. The van der Waals surface area contributed by atoms with Crippen molar-refractivity contribution in [2.75, 3.05) is 36.5 Å². The smallest absolute Gasteiger partial charge is 0.228 e. The fourth-order valence-electron chi connectivity index (χ4n) is 4.34. The lowest BCUT2D eigenvalue weighted by Gasteiger charge is -2.27. The summed E-state index contributed by atoms with van der Waals surface area (Å²) in [5, 5.41) is 17.1. The molecule has 5 aromatic rings. The monoisotopic (exact) mass is 467 g/mol. The average molecular weight is 468 g/mol. The number of benzene rings is 2. The first-order valence-electron chi connectivity index (χ1n) is 11.5. The van der Waals surface area contributed by atoms with Gasteiger partial charge in [0, 0.05) is 42.8 Å². The van der Waals surface area contributed by atoms with E-state index in [2.05, 4.69) is 43.8 Å². The van der Waals surface area contributed by atoms with Crippen molar-refractivity contribution in [2.24, 2.45) is 7.05 Å². The van der Waals surface area contributed by atoms with Gasteiger partial charge in [-0.2, -0.15) is 10.1 Å². The molecule has 0 aliphatic carbocycles. The lowest BCUT2D eigenvalue weighted by atomic mass is 10.1. The number of morpholine rings is 1. The van der Waals surface area contributed by atoms with E-state index >= 15 is 0 Å². The first-order valence-corrected chi connectivity index (χ1v) is 11.5. The van der Waals surface area contributed by atoms with Crippen molar-refractivity contribution in [3.05, 3.63) is 66.6 Å². The summed E-state index contributed by atoms with van der Waals surface area (Å²) in [6.45, 7) is 4.88. The number of anilines is 3. The Kier molecular flexibility index (Phi) is 5.34. The van der Waals surface area contributed by atoms with E-state index in [4.69, 9.17) is 14.7 Å². The van der Waals surface area contributed by atoms with Gasteiger partial charge in [0.1, 0.15) is 5.82 Å². The van der Waals surface area contributed by atoms with E-state index in [1.165, 1.54) is 0 Å². The van der Waals surface area contributed by atoms with Gasteiger partial charge in [-0.05, 0) is 37.3 Å². The van der Waals surface area contributed by atoms with Crippen LogP contribution in [0.4, 0.5) is 17.5 Å². The number of nitrogens with zero attached hydrogens (tertiary/aromatic N) is 8. The summed E-state index contributed by atoms with van der Waals surface area (Å²) in [5.41, 5.74) is 5.81. The van der Waals surface area contributed by atoms with Crippen LogP contribution in [0.2, 0.25) is 0 Å². The molecule has 35 heavy (non-hydrogen) atoms. The molecule has 4 heterocycles. The normalized spacial score (nSPS) is 13.9. The van der Waals surface area contributed by atoms with E-state index in [0.29, 0.717) is 19.2 Å². The SMILES string of the molecule is Cc1nn(C)c2cc(-c3cc(Nc4ccc(-n5ccnn5)cc4)nc(N4CCOCC4)n3)ccc12. The molecular formula is C25H25N9O. The zero-order chi connectivity index (χ0) is 23.8. The predicted molar refractivity (Wildman–Crippen MR) is 134 cm³/mol. The van der Waals surface area contributed by atoms with Gasteiger partial charge in [-0.15, -0.1) is 5.10 Å². The van der Waals surface area contributed by atoms with E-state index < -0.39 is 0 Å². The molecule has 1 fully saturated rings. The van der Waals surface area contributed by atoms with Crippen molar-refractivity contribution >= 4 is 28.4 Å². The molecule has 10 nitrogen and oxygen atoms in total. The molecular weight excluding hydrogens is 442 g/mol. The molecule has 0 saturated carbocycles. The van der Waals surface area contributed by atoms with Crippen LogP contribution in [0.25, 0.3) is 27.8 Å². The van der Waals surface area contributed by atoms with Gasteiger partial charge < -0.3 is 15.0 Å².